The first kappa shape index (κ1) is 16.8. The van der Waals surface area contributed by atoms with Gasteiger partial charge in [0.1, 0.15) is 6.04 Å². The van der Waals surface area contributed by atoms with Crippen LogP contribution in [0.2, 0.25) is 10.0 Å². The number of hydrogen-bond donors (Lipinski definition) is 2. The van der Waals surface area contributed by atoms with Crippen molar-refractivity contribution in [2.45, 2.75) is 25.9 Å². The van der Waals surface area contributed by atoms with E-state index in [1.54, 1.807) is 24.3 Å². The molecule has 0 saturated heterocycles. The lowest BCUT2D eigenvalue weighted by Crippen LogP contribution is -2.91. The highest BCUT2D eigenvalue weighted by molar-refractivity contribution is 6.30. The lowest BCUT2D eigenvalue weighted by Gasteiger charge is -2.17. The maximum absolute atomic E-state index is 12.2. The molecule has 2 aromatic rings. The summed E-state index contributed by atoms with van der Waals surface area (Å²) in [7, 11) is 0. The van der Waals surface area contributed by atoms with E-state index in [4.69, 9.17) is 23.2 Å². The third kappa shape index (κ3) is 4.73. The van der Waals surface area contributed by atoms with E-state index in [1.165, 1.54) is 0 Å². The molecule has 0 unspecified atom stereocenters. The molecule has 0 aromatic heterocycles. The average Bonchev–Trinajstić information content (AvgIpc) is 2.50. The van der Waals surface area contributed by atoms with Gasteiger partial charge in [0.15, 0.2) is 6.04 Å². The van der Waals surface area contributed by atoms with E-state index in [1.807, 2.05) is 36.5 Å². The third-order valence-electron chi connectivity index (χ3n) is 3.50. The summed E-state index contributed by atoms with van der Waals surface area (Å²) >= 11 is 11.7. The maximum Gasteiger partial charge on any atom is 0.282 e. The second-order valence-electron chi connectivity index (χ2n) is 5.32. The molecule has 2 rings (SSSR count). The van der Waals surface area contributed by atoms with Gasteiger partial charge in [-0.15, -0.1) is 0 Å². The Morgan fingerprint density at radius 1 is 0.955 bits per heavy atom. The summed E-state index contributed by atoms with van der Waals surface area (Å²) in [5.41, 5.74) is 1.88. The maximum atomic E-state index is 12.2. The van der Waals surface area contributed by atoms with Crippen LogP contribution in [-0.4, -0.2) is 11.9 Å². The molecule has 5 heteroatoms. The summed E-state index contributed by atoms with van der Waals surface area (Å²) < 4.78 is 0. The minimum atomic E-state index is -0.207. The largest absolute Gasteiger partial charge is 0.330 e. The van der Waals surface area contributed by atoms with Crippen molar-refractivity contribution in [1.29, 1.82) is 0 Å². The topological polar surface area (TPSA) is 45.7 Å². The van der Waals surface area contributed by atoms with Crippen LogP contribution >= 0.6 is 23.2 Å². The summed E-state index contributed by atoms with van der Waals surface area (Å²) in [5.74, 6) is -0.0388. The SMILES string of the molecule is C[C@@H]([NH2+][C@H](C)c1ccc(Cl)cc1)C(=O)Nc1ccc(Cl)cc1. The van der Waals surface area contributed by atoms with Gasteiger partial charge in [-0.3, -0.25) is 4.79 Å². The number of hydrogen-bond acceptors (Lipinski definition) is 1. The number of nitrogens with two attached hydrogens (primary N) is 1. The summed E-state index contributed by atoms with van der Waals surface area (Å²) in [6.07, 6.45) is 0. The molecule has 116 valence electrons. The van der Waals surface area contributed by atoms with Gasteiger partial charge in [0.25, 0.3) is 5.91 Å². The van der Waals surface area contributed by atoms with Crippen LogP contribution in [0.15, 0.2) is 48.5 Å². The number of halogens is 2. The highest BCUT2D eigenvalue weighted by Crippen LogP contribution is 2.15. The first-order valence-corrected chi connectivity index (χ1v) is 7.88. The van der Waals surface area contributed by atoms with Gasteiger partial charge in [-0.25, -0.2) is 0 Å². The summed E-state index contributed by atoms with van der Waals surface area (Å²) in [6.45, 7) is 3.95. The molecule has 22 heavy (non-hydrogen) atoms. The van der Waals surface area contributed by atoms with E-state index < -0.39 is 0 Å². The molecule has 0 aliphatic carbocycles. The second kappa shape index (κ2) is 7.63. The Bertz CT molecular complexity index is 626. The number of amides is 1. The molecule has 3 N–H and O–H groups in total. The van der Waals surface area contributed by atoms with Gasteiger partial charge in [0.2, 0.25) is 0 Å². The summed E-state index contributed by atoms with van der Waals surface area (Å²) in [6, 6.07) is 14.7. The number of carbonyl (C=O) groups is 1. The molecule has 0 heterocycles. The molecule has 2 aromatic carbocycles. The van der Waals surface area contributed by atoms with E-state index >= 15 is 0 Å². The third-order valence-corrected chi connectivity index (χ3v) is 4.00. The number of benzene rings is 2. The van der Waals surface area contributed by atoms with Crippen molar-refractivity contribution in [1.82, 2.24) is 0 Å². The molecule has 0 aliphatic heterocycles. The van der Waals surface area contributed by atoms with Crippen LogP contribution in [0.4, 0.5) is 5.69 Å². The molecule has 0 spiro atoms. The minimum absolute atomic E-state index is 0.0388. The quantitative estimate of drug-likeness (QED) is 0.859. The molecule has 0 radical (unpaired) electrons. The molecule has 0 fully saturated rings. The van der Waals surface area contributed by atoms with Crippen molar-refractivity contribution < 1.29 is 10.1 Å². The van der Waals surface area contributed by atoms with Crippen molar-refractivity contribution >= 4 is 34.8 Å². The molecular weight excluding hydrogens is 319 g/mol. The van der Waals surface area contributed by atoms with Crippen LogP contribution in [0, 0.1) is 0 Å². The highest BCUT2D eigenvalue weighted by atomic mass is 35.5. The summed E-state index contributed by atoms with van der Waals surface area (Å²) in [4.78, 5) is 12.2. The van der Waals surface area contributed by atoms with E-state index in [-0.39, 0.29) is 18.0 Å². The number of carbonyl (C=O) groups excluding carboxylic acids is 1. The molecule has 0 bridgehead atoms. The van der Waals surface area contributed by atoms with Gasteiger partial charge in [-0.2, -0.15) is 0 Å². The van der Waals surface area contributed by atoms with Crippen molar-refractivity contribution in [3.05, 3.63) is 64.1 Å². The Labute approximate surface area is 140 Å². The van der Waals surface area contributed by atoms with Crippen molar-refractivity contribution in [3.8, 4) is 0 Å². The fraction of sp³-hybridized carbons (Fsp3) is 0.235. The number of quaternary nitrogens is 1. The summed E-state index contributed by atoms with van der Waals surface area (Å²) in [5, 5.41) is 6.27. The van der Waals surface area contributed by atoms with Gasteiger partial charge in [0, 0.05) is 21.3 Å². The van der Waals surface area contributed by atoms with Crippen molar-refractivity contribution in [2.75, 3.05) is 5.32 Å². The molecule has 1 amide bonds. The van der Waals surface area contributed by atoms with E-state index in [0.717, 1.165) is 11.3 Å². The predicted octanol–water partition coefficient (Wildman–Crippen LogP) is 3.65. The fourth-order valence-corrected chi connectivity index (χ4v) is 2.44. The zero-order valence-corrected chi connectivity index (χ0v) is 14.0. The van der Waals surface area contributed by atoms with Crippen LogP contribution in [0.25, 0.3) is 0 Å². The lowest BCUT2D eigenvalue weighted by atomic mass is 10.1. The van der Waals surface area contributed by atoms with Gasteiger partial charge in [0.05, 0.1) is 0 Å². The van der Waals surface area contributed by atoms with Crippen LogP contribution < -0.4 is 10.6 Å². The van der Waals surface area contributed by atoms with Crippen LogP contribution in [0.1, 0.15) is 25.5 Å². The number of rotatable bonds is 5. The zero-order chi connectivity index (χ0) is 16.1. The predicted molar refractivity (Wildman–Crippen MR) is 91.3 cm³/mol. The fourth-order valence-electron chi connectivity index (χ4n) is 2.19. The number of nitrogens with one attached hydrogen (secondary N) is 1. The Morgan fingerprint density at radius 3 is 2.00 bits per heavy atom. The van der Waals surface area contributed by atoms with Gasteiger partial charge < -0.3 is 10.6 Å². The standard InChI is InChI=1S/C17H18Cl2N2O/c1-11(13-3-5-14(18)6-4-13)20-12(2)17(22)21-16-9-7-15(19)8-10-16/h3-12,20H,1-2H3,(H,21,22)/p+1/t11-,12-/m1/s1. The lowest BCUT2D eigenvalue weighted by molar-refractivity contribution is -0.709. The Kier molecular flexibility index (Phi) is 5.83. The van der Waals surface area contributed by atoms with Crippen LogP contribution in [0.5, 0.6) is 0 Å². The second-order valence-corrected chi connectivity index (χ2v) is 6.19. The van der Waals surface area contributed by atoms with Gasteiger partial charge >= 0.3 is 0 Å². The average molecular weight is 338 g/mol. The Morgan fingerprint density at radius 2 is 1.45 bits per heavy atom. The molecular formula is C17H19Cl2N2O+. The van der Waals surface area contributed by atoms with Gasteiger partial charge in [-0.1, -0.05) is 35.3 Å². The molecule has 3 nitrogen and oxygen atoms in total. The molecule has 0 aliphatic rings. The van der Waals surface area contributed by atoms with Crippen molar-refractivity contribution in [2.24, 2.45) is 0 Å². The van der Waals surface area contributed by atoms with Crippen molar-refractivity contribution in [3.63, 3.8) is 0 Å². The highest BCUT2D eigenvalue weighted by Gasteiger charge is 2.20. The van der Waals surface area contributed by atoms with E-state index in [0.29, 0.717) is 10.0 Å². The van der Waals surface area contributed by atoms with E-state index in [2.05, 4.69) is 12.2 Å². The van der Waals surface area contributed by atoms with Crippen LogP contribution in [-0.2, 0) is 4.79 Å². The minimum Gasteiger partial charge on any atom is -0.330 e. The van der Waals surface area contributed by atoms with Crippen LogP contribution in [0.3, 0.4) is 0 Å². The molecule has 2 atom stereocenters. The first-order valence-electron chi connectivity index (χ1n) is 7.12. The molecule has 0 saturated carbocycles. The Balaban J connectivity index is 1.93. The monoisotopic (exact) mass is 337 g/mol. The smallest absolute Gasteiger partial charge is 0.282 e. The number of anilines is 1. The van der Waals surface area contributed by atoms with Gasteiger partial charge in [-0.05, 0) is 50.2 Å². The zero-order valence-electron chi connectivity index (χ0n) is 12.5. The van der Waals surface area contributed by atoms with E-state index in [9.17, 15) is 4.79 Å². The first-order chi connectivity index (χ1) is 10.5. The Hall–Kier alpha value is -1.55. The normalized spacial score (nSPS) is 13.5.